The van der Waals surface area contributed by atoms with Gasteiger partial charge in [-0.05, 0) is 24.3 Å². The minimum atomic E-state index is -4.82. The quantitative estimate of drug-likeness (QED) is 0.768. The Balaban J connectivity index is 2.62. The number of diazo groups is 1. The van der Waals surface area contributed by atoms with Gasteiger partial charge < -0.3 is 9.47 Å². The van der Waals surface area contributed by atoms with Gasteiger partial charge in [-0.1, -0.05) is 12.1 Å². The van der Waals surface area contributed by atoms with Gasteiger partial charge in [-0.15, -0.1) is 13.2 Å². The van der Waals surface area contributed by atoms with E-state index in [1.807, 2.05) is 0 Å². The summed E-state index contributed by atoms with van der Waals surface area (Å²) in [6, 6.07) is 10.1. The summed E-state index contributed by atoms with van der Waals surface area (Å²) in [4.78, 5) is 3.06. The zero-order chi connectivity index (χ0) is 15.5. The Kier molecular flexibility index (Phi) is 3.98. The first-order chi connectivity index (χ1) is 9.94. The lowest BCUT2D eigenvalue weighted by Crippen LogP contribution is -2.17. The summed E-state index contributed by atoms with van der Waals surface area (Å²) >= 11 is 0. The van der Waals surface area contributed by atoms with E-state index in [-0.39, 0.29) is 16.8 Å². The van der Waals surface area contributed by atoms with Crippen molar-refractivity contribution >= 4 is 5.69 Å². The second-order valence-electron chi connectivity index (χ2n) is 4.03. The molecule has 0 radical (unpaired) electrons. The molecule has 2 aromatic carbocycles. The van der Waals surface area contributed by atoms with Gasteiger partial charge in [0, 0.05) is 11.6 Å². The number of hydrogen-bond acceptors (Lipinski definition) is 3. The largest absolute Gasteiger partial charge is 0.573 e. The van der Waals surface area contributed by atoms with Gasteiger partial charge in [-0.25, -0.2) is 0 Å². The number of nitrogens with zero attached hydrogens (tertiary/aromatic N) is 2. The number of halogens is 3. The van der Waals surface area contributed by atoms with Crippen LogP contribution in [0.25, 0.3) is 16.1 Å². The van der Waals surface area contributed by atoms with Crippen LogP contribution in [-0.4, -0.2) is 13.5 Å². The van der Waals surface area contributed by atoms with E-state index in [1.54, 1.807) is 12.1 Å². The molecule has 0 aliphatic rings. The van der Waals surface area contributed by atoms with E-state index in [1.165, 1.54) is 31.4 Å². The van der Waals surface area contributed by atoms with Gasteiger partial charge in [-0.3, -0.25) is 0 Å². The Morgan fingerprint density at radius 1 is 1.05 bits per heavy atom. The number of alkyl halides is 3. The predicted octanol–water partition coefficient (Wildman–Crippen LogP) is 4.75. The summed E-state index contributed by atoms with van der Waals surface area (Å²) in [5.41, 5.74) is 0.524. The van der Waals surface area contributed by atoms with Crippen molar-refractivity contribution in [1.82, 2.24) is 0 Å². The lowest BCUT2D eigenvalue weighted by atomic mass is 10.0. The molecule has 0 aliphatic carbocycles. The molecule has 0 saturated heterocycles. The molecule has 2 aromatic rings. The molecule has 0 unspecified atom stereocenters. The molecule has 7 heteroatoms. The molecule has 0 aliphatic heterocycles. The van der Waals surface area contributed by atoms with E-state index in [2.05, 4.69) is 9.71 Å². The Morgan fingerprint density at radius 2 is 1.76 bits per heavy atom. The molecule has 0 spiro atoms. The number of hydrogen-bond donors (Lipinski definition) is 0. The molecule has 0 atom stereocenters. The standard InChI is InChI=1S/C14H10F3N2O2/c1-20-9-6-7-13(21-14(15,16)17)11(8-9)10-4-2-3-5-12(10)19-18/h2-8H,1H3/q+1. The van der Waals surface area contributed by atoms with Crippen molar-refractivity contribution in [3.63, 3.8) is 0 Å². The van der Waals surface area contributed by atoms with Gasteiger partial charge in [0.05, 0.1) is 12.7 Å². The van der Waals surface area contributed by atoms with Gasteiger partial charge in [0.15, 0.2) is 4.98 Å². The average Bonchev–Trinajstić information content (AvgIpc) is 2.46. The molecule has 0 fully saturated rings. The Bertz CT molecular complexity index is 693. The number of ether oxygens (including phenoxy) is 2. The third kappa shape index (κ3) is 3.42. The van der Waals surface area contributed by atoms with Crippen molar-refractivity contribution in [2.24, 2.45) is 0 Å². The van der Waals surface area contributed by atoms with Crippen molar-refractivity contribution in [2.75, 3.05) is 7.11 Å². The first-order valence-corrected chi connectivity index (χ1v) is 5.83. The summed E-state index contributed by atoms with van der Waals surface area (Å²) in [6.07, 6.45) is -4.82. The summed E-state index contributed by atoms with van der Waals surface area (Å²) in [5.74, 6) is -0.0494. The number of methoxy groups -OCH3 is 1. The van der Waals surface area contributed by atoms with E-state index in [4.69, 9.17) is 10.1 Å². The average molecular weight is 295 g/mol. The maximum atomic E-state index is 12.5. The van der Waals surface area contributed by atoms with Crippen LogP contribution in [0.1, 0.15) is 0 Å². The molecule has 4 nitrogen and oxygen atoms in total. The lowest BCUT2D eigenvalue weighted by molar-refractivity contribution is -0.274. The van der Waals surface area contributed by atoms with Crippen LogP contribution < -0.4 is 9.47 Å². The number of rotatable bonds is 3. The van der Waals surface area contributed by atoms with Crippen LogP contribution in [0.15, 0.2) is 42.5 Å². The van der Waals surface area contributed by atoms with E-state index < -0.39 is 12.1 Å². The summed E-state index contributed by atoms with van der Waals surface area (Å²) in [5, 5.41) is 8.96. The Hall–Kier alpha value is -2.75. The van der Waals surface area contributed by atoms with Gasteiger partial charge >= 0.3 is 12.0 Å². The molecular weight excluding hydrogens is 285 g/mol. The molecule has 108 valence electrons. The van der Waals surface area contributed by atoms with Crippen LogP contribution in [0.5, 0.6) is 11.5 Å². The maximum absolute atomic E-state index is 12.5. The lowest BCUT2D eigenvalue weighted by Gasteiger charge is -2.13. The maximum Gasteiger partial charge on any atom is 0.573 e. The van der Waals surface area contributed by atoms with Gasteiger partial charge in [0.1, 0.15) is 11.5 Å². The molecule has 0 amide bonds. The van der Waals surface area contributed by atoms with Crippen molar-refractivity contribution in [2.45, 2.75) is 6.36 Å². The fourth-order valence-electron chi connectivity index (χ4n) is 1.85. The highest BCUT2D eigenvalue weighted by Crippen LogP contribution is 2.40. The van der Waals surface area contributed by atoms with E-state index in [9.17, 15) is 13.2 Å². The summed E-state index contributed by atoms with van der Waals surface area (Å²) < 4.78 is 46.4. The third-order valence-electron chi connectivity index (χ3n) is 2.71. The normalized spacial score (nSPS) is 10.8. The smallest absolute Gasteiger partial charge is 0.497 e. The molecular formula is C14H10F3N2O2+. The molecule has 0 heterocycles. The van der Waals surface area contributed by atoms with Crippen molar-refractivity contribution in [3.05, 3.63) is 47.4 Å². The van der Waals surface area contributed by atoms with E-state index in [0.29, 0.717) is 5.75 Å². The van der Waals surface area contributed by atoms with Crippen LogP contribution in [0, 0.1) is 5.39 Å². The van der Waals surface area contributed by atoms with Crippen LogP contribution in [0.4, 0.5) is 18.9 Å². The fourth-order valence-corrected chi connectivity index (χ4v) is 1.85. The summed E-state index contributed by atoms with van der Waals surface area (Å²) in [6.45, 7) is 0. The monoisotopic (exact) mass is 295 g/mol. The minimum Gasteiger partial charge on any atom is -0.497 e. The van der Waals surface area contributed by atoms with Gasteiger partial charge in [0.25, 0.3) is 0 Å². The first kappa shape index (κ1) is 14.7. The highest BCUT2D eigenvalue weighted by Gasteiger charge is 2.33. The molecule has 0 bridgehead atoms. The third-order valence-corrected chi connectivity index (χ3v) is 2.71. The van der Waals surface area contributed by atoms with Crippen LogP contribution in [0.3, 0.4) is 0 Å². The summed E-state index contributed by atoms with van der Waals surface area (Å²) in [7, 11) is 1.39. The SMILES string of the molecule is COc1ccc(OC(F)(F)F)c(-c2ccccc2[N+]#N)c1. The van der Waals surface area contributed by atoms with E-state index >= 15 is 0 Å². The fraction of sp³-hybridized carbons (Fsp3) is 0.143. The van der Waals surface area contributed by atoms with Crippen molar-refractivity contribution < 1.29 is 22.6 Å². The van der Waals surface area contributed by atoms with Crippen molar-refractivity contribution in [1.29, 1.82) is 5.39 Å². The van der Waals surface area contributed by atoms with E-state index in [0.717, 1.165) is 6.07 Å². The molecule has 2 rings (SSSR count). The van der Waals surface area contributed by atoms with Gasteiger partial charge in [-0.2, -0.15) is 0 Å². The van der Waals surface area contributed by atoms with Crippen LogP contribution in [0.2, 0.25) is 0 Å². The highest BCUT2D eigenvalue weighted by atomic mass is 19.4. The second kappa shape index (κ2) is 5.71. The second-order valence-corrected chi connectivity index (χ2v) is 4.03. The molecule has 0 aromatic heterocycles. The molecule has 21 heavy (non-hydrogen) atoms. The molecule has 0 N–H and O–H groups in total. The minimum absolute atomic E-state index is 0.111. The molecule has 0 saturated carbocycles. The Labute approximate surface area is 118 Å². The Morgan fingerprint density at radius 3 is 2.38 bits per heavy atom. The van der Waals surface area contributed by atoms with Crippen molar-refractivity contribution in [3.8, 4) is 22.6 Å². The van der Waals surface area contributed by atoms with Gasteiger partial charge in [0.2, 0.25) is 5.39 Å². The highest BCUT2D eigenvalue weighted by molar-refractivity contribution is 5.82. The first-order valence-electron chi connectivity index (χ1n) is 5.83. The zero-order valence-electron chi connectivity index (χ0n) is 10.9. The predicted molar refractivity (Wildman–Crippen MR) is 69.9 cm³/mol. The topological polar surface area (TPSA) is 46.6 Å². The van der Waals surface area contributed by atoms with Crippen LogP contribution in [-0.2, 0) is 0 Å². The zero-order valence-corrected chi connectivity index (χ0v) is 10.9. The number of benzene rings is 2. The van der Waals surface area contributed by atoms with Crippen LogP contribution >= 0.6 is 0 Å².